The van der Waals surface area contributed by atoms with E-state index < -0.39 is 0 Å². The second-order valence-electron chi connectivity index (χ2n) is 5.31. The second-order valence-corrected chi connectivity index (χ2v) is 6.35. The highest BCUT2D eigenvalue weighted by atomic mass is 32.2. The summed E-state index contributed by atoms with van der Waals surface area (Å²) in [6.45, 7) is 1.71. The molecule has 2 heterocycles. The average Bonchev–Trinajstić information content (AvgIpc) is 3.18. The molecule has 1 N–H and O–H groups in total. The summed E-state index contributed by atoms with van der Waals surface area (Å²) in [5.41, 5.74) is 1.30. The predicted molar refractivity (Wildman–Crippen MR) is 81.2 cm³/mol. The van der Waals surface area contributed by atoms with E-state index in [1.165, 1.54) is 5.56 Å². The fourth-order valence-corrected chi connectivity index (χ4v) is 3.82. The van der Waals surface area contributed by atoms with Crippen LogP contribution in [-0.4, -0.2) is 48.7 Å². The van der Waals surface area contributed by atoms with Crippen LogP contribution < -0.4 is 10.1 Å². The van der Waals surface area contributed by atoms with Crippen LogP contribution in [0.2, 0.25) is 0 Å². The Bertz CT molecular complexity index is 471. The van der Waals surface area contributed by atoms with Gasteiger partial charge in [-0.3, -0.25) is 10.1 Å². The molecule has 2 unspecified atom stereocenters. The first-order valence-corrected chi connectivity index (χ1v) is 8.17. The van der Waals surface area contributed by atoms with Crippen LogP contribution in [0.5, 0.6) is 5.75 Å². The molecule has 3 rings (SSSR count). The Kier molecular flexibility index (Phi) is 4.17. The normalized spacial score (nSPS) is 25.9. The van der Waals surface area contributed by atoms with Crippen molar-refractivity contribution >= 4 is 17.7 Å². The number of rotatable bonds is 3. The molecule has 5 heteroatoms. The van der Waals surface area contributed by atoms with Gasteiger partial charge in [-0.2, -0.15) is 0 Å². The van der Waals surface area contributed by atoms with E-state index in [2.05, 4.69) is 17.4 Å². The maximum atomic E-state index is 12.4. The number of methoxy groups -OCH3 is 1. The van der Waals surface area contributed by atoms with E-state index in [0.717, 1.165) is 36.9 Å². The zero-order chi connectivity index (χ0) is 13.9. The maximum Gasteiger partial charge on any atom is 0.240 e. The summed E-state index contributed by atoms with van der Waals surface area (Å²) in [5.74, 6) is 3.41. The molecule has 1 amide bonds. The standard InChI is InChI=1S/C15H20N2O2S/c1-19-13-4-2-11(3-5-13)12-6-7-17(8-12)15(18)14-9-20-10-16-14/h2-5,12,14,16H,6-10H2,1H3. The number of carbonyl (C=O) groups excluding carboxylic acids is 1. The summed E-state index contributed by atoms with van der Waals surface area (Å²) in [7, 11) is 1.68. The minimum absolute atomic E-state index is 0.0228. The van der Waals surface area contributed by atoms with Gasteiger partial charge in [0, 0.05) is 30.6 Å². The van der Waals surface area contributed by atoms with Crippen molar-refractivity contribution in [2.75, 3.05) is 31.8 Å². The zero-order valence-corrected chi connectivity index (χ0v) is 12.5. The van der Waals surface area contributed by atoms with E-state index in [0.29, 0.717) is 5.92 Å². The third kappa shape index (κ3) is 2.79. The van der Waals surface area contributed by atoms with Crippen LogP contribution in [0.15, 0.2) is 24.3 Å². The van der Waals surface area contributed by atoms with Crippen LogP contribution in [0.3, 0.4) is 0 Å². The summed E-state index contributed by atoms with van der Waals surface area (Å²) in [6, 6.07) is 8.24. The van der Waals surface area contributed by atoms with Crippen LogP contribution in [0.4, 0.5) is 0 Å². The molecule has 0 aromatic heterocycles. The van der Waals surface area contributed by atoms with E-state index >= 15 is 0 Å². The molecule has 2 atom stereocenters. The third-order valence-electron chi connectivity index (χ3n) is 4.10. The number of nitrogens with zero attached hydrogens (tertiary/aromatic N) is 1. The van der Waals surface area contributed by atoms with E-state index in [-0.39, 0.29) is 11.9 Å². The number of ether oxygens (including phenoxy) is 1. The van der Waals surface area contributed by atoms with Gasteiger partial charge in [0.1, 0.15) is 5.75 Å². The molecule has 0 spiro atoms. The van der Waals surface area contributed by atoms with Gasteiger partial charge in [0.2, 0.25) is 5.91 Å². The lowest BCUT2D eigenvalue weighted by Crippen LogP contribution is -2.43. The van der Waals surface area contributed by atoms with Crippen molar-refractivity contribution < 1.29 is 9.53 Å². The Morgan fingerprint density at radius 1 is 1.40 bits per heavy atom. The van der Waals surface area contributed by atoms with E-state index in [1.54, 1.807) is 18.9 Å². The van der Waals surface area contributed by atoms with Gasteiger partial charge < -0.3 is 9.64 Å². The van der Waals surface area contributed by atoms with Crippen molar-refractivity contribution in [3.8, 4) is 5.75 Å². The molecule has 2 saturated heterocycles. The highest BCUT2D eigenvalue weighted by Crippen LogP contribution is 2.29. The topological polar surface area (TPSA) is 41.6 Å². The first-order chi connectivity index (χ1) is 9.78. The Labute approximate surface area is 123 Å². The number of benzene rings is 1. The van der Waals surface area contributed by atoms with E-state index in [9.17, 15) is 4.79 Å². The number of hydrogen-bond acceptors (Lipinski definition) is 4. The SMILES string of the molecule is COc1ccc(C2CCN(C(=O)C3CSCN3)C2)cc1. The first kappa shape index (κ1) is 13.8. The second kappa shape index (κ2) is 6.06. The monoisotopic (exact) mass is 292 g/mol. The molecule has 0 aliphatic carbocycles. The first-order valence-electron chi connectivity index (χ1n) is 7.02. The molecule has 1 aromatic rings. The Hall–Kier alpha value is -1.20. The van der Waals surface area contributed by atoms with Gasteiger partial charge in [0.05, 0.1) is 13.2 Å². The summed E-state index contributed by atoms with van der Waals surface area (Å²) in [6.07, 6.45) is 1.05. The van der Waals surface area contributed by atoms with Gasteiger partial charge >= 0.3 is 0 Å². The van der Waals surface area contributed by atoms with Gasteiger partial charge in [-0.1, -0.05) is 12.1 Å². The lowest BCUT2D eigenvalue weighted by atomic mass is 9.98. The number of carbonyl (C=O) groups is 1. The summed E-state index contributed by atoms with van der Waals surface area (Å²) < 4.78 is 5.18. The maximum absolute atomic E-state index is 12.4. The van der Waals surface area contributed by atoms with Crippen molar-refractivity contribution in [1.82, 2.24) is 10.2 Å². The summed E-state index contributed by atoms with van der Waals surface area (Å²) in [4.78, 5) is 14.4. The smallest absolute Gasteiger partial charge is 0.240 e. The number of thioether (sulfide) groups is 1. The fraction of sp³-hybridized carbons (Fsp3) is 0.533. The van der Waals surface area contributed by atoms with Crippen LogP contribution >= 0.6 is 11.8 Å². The minimum Gasteiger partial charge on any atom is -0.497 e. The van der Waals surface area contributed by atoms with Crippen molar-refractivity contribution in [1.29, 1.82) is 0 Å². The highest BCUT2D eigenvalue weighted by Gasteiger charge is 2.32. The van der Waals surface area contributed by atoms with Crippen LogP contribution in [0, 0.1) is 0 Å². The number of hydrogen-bond donors (Lipinski definition) is 1. The van der Waals surface area contributed by atoms with Crippen molar-refractivity contribution in [3.63, 3.8) is 0 Å². The van der Waals surface area contributed by atoms with Gasteiger partial charge in [-0.25, -0.2) is 0 Å². The summed E-state index contributed by atoms with van der Waals surface area (Å²) >= 11 is 1.80. The third-order valence-corrected chi connectivity index (χ3v) is 5.04. The molecule has 2 aliphatic rings. The lowest BCUT2D eigenvalue weighted by Gasteiger charge is -2.20. The molecule has 2 aliphatic heterocycles. The van der Waals surface area contributed by atoms with Gasteiger partial charge in [0.15, 0.2) is 0 Å². The molecule has 0 bridgehead atoms. The molecule has 108 valence electrons. The van der Waals surface area contributed by atoms with Crippen LogP contribution in [0.25, 0.3) is 0 Å². The molecule has 20 heavy (non-hydrogen) atoms. The highest BCUT2D eigenvalue weighted by molar-refractivity contribution is 7.99. The lowest BCUT2D eigenvalue weighted by molar-refractivity contribution is -0.131. The quantitative estimate of drug-likeness (QED) is 0.920. The summed E-state index contributed by atoms with van der Waals surface area (Å²) in [5, 5.41) is 3.26. The predicted octanol–water partition coefficient (Wildman–Crippen LogP) is 1.67. The Morgan fingerprint density at radius 3 is 2.85 bits per heavy atom. The molecule has 4 nitrogen and oxygen atoms in total. The van der Waals surface area contributed by atoms with Crippen molar-refractivity contribution in [2.24, 2.45) is 0 Å². The molecule has 0 saturated carbocycles. The molecule has 2 fully saturated rings. The van der Waals surface area contributed by atoms with Gasteiger partial charge in [0.25, 0.3) is 0 Å². The van der Waals surface area contributed by atoms with Gasteiger partial charge in [-0.15, -0.1) is 11.8 Å². The molecular formula is C15H20N2O2S. The molecule has 1 aromatic carbocycles. The fourth-order valence-electron chi connectivity index (χ4n) is 2.88. The Morgan fingerprint density at radius 2 is 2.20 bits per heavy atom. The van der Waals surface area contributed by atoms with E-state index in [1.807, 2.05) is 17.0 Å². The molecule has 0 radical (unpaired) electrons. The number of nitrogens with one attached hydrogen (secondary N) is 1. The van der Waals surface area contributed by atoms with Crippen molar-refractivity contribution in [3.05, 3.63) is 29.8 Å². The van der Waals surface area contributed by atoms with Crippen LogP contribution in [-0.2, 0) is 4.79 Å². The largest absolute Gasteiger partial charge is 0.497 e. The number of likely N-dealkylation sites (tertiary alicyclic amines) is 1. The number of amides is 1. The minimum atomic E-state index is 0.0228. The van der Waals surface area contributed by atoms with Crippen LogP contribution in [0.1, 0.15) is 17.9 Å². The Balaban J connectivity index is 1.62. The van der Waals surface area contributed by atoms with Crippen molar-refractivity contribution in [2.45, 2.75) is 18.4 Å². The van der Waals surface area contributed by atoms with E-state index in [4.69, 9.17) is 4.74 Å². The zero-order valence-electron chi connectivity index (χ0n) is 11.7. The molecular weight excluding hydrogens is 272 g/mol. The van der Waals surface area contributed by atoms with Gasteiger partial charge in [-0.05, 0) is 24.1 Å². The average molecular weight is 292 g/mol.